The summed E-state index contributed by atoms with van der Waals surface area (Å²) in [4.78, 5) is 25.0. The number of thioether (sulfide) groups is 1. The van der Waals surface area contributed by atoms with E-state index in [-0.39, 0.29) is 16.5 Å². The van der Waals surface area contributed by atoms with Crippen LogP contribution in [0.2, 0.25) is 0 Å². The summed E-state index contributed by atoms with van der Waals surface area (Å²) in [5, 5.41) is 1.81. The van der Waals surface area contributed by atoms with Gasteiger partial charge in [-0.05, 0) is 36.1 Å². The van der Waals surface area contributed by atoms with Crippen LogP contribution in [0.15, 0.2) is 30.3 Å². The number of imide groups is 1. The highest BCUT2D eigenvalue weighted by Crippen LogP contribution is 2.32. The van der Waals surface area contributed by atoms with Crippen LogP contribution in [-0.4, -0.2) is 34.5 Å². The number of amides is 2. The van der Waals surface area contributed by atoms with Crippen LogP contribution in [-0.2, 0) is 4.79 Å². The first-order chi connectivity index (χ1) is 9.24. The Kier molecular flexibility index (Phi) is 3.57. The zero-order valence-corrected chi connectivity index (χ0v) is 11.4. The fourth-order valence-corrected chi connectivity index (χ4v) is 3.67. The fraction of sp³-hybridized carbons (Fsp3) is 0.429. The van der Waals surface area contributed by atoms with Crippen molar-refractivity contribution in [3.63, 3.8) is 0 Å². The molecule has 0 aromatic heterocycles. The monoisotopic (exact) mass is 276 g/mol. The molecule has 5 heteroatoms. The Morgan fingerprint density at radius 2 is 1.79 bits per heavy atom. The summed E-state index contributed by atoms with van der Waals surface area (Å²) in [7, 11) is 0. The van der Waals surface area contributed by atoms with Crippen molar-refractivity contribution in [1.29, 1.82) is 0 Å². The van der Waals surface area contributed by atoms with Crippen LogP contribution in [0.25, 0.3) is 0 Å². The lowest BCUT2D eigenvalue weighted by atomic mass is 9.89. The number of rotatable bonds is 2. The SMILES string of the molecule is O=C1NC(=O)[C@@H](N2CCC(c3ccccc3)CC2)S1. The molecule has 0 spiro atoms. The lowest BCUT2D eigenvalue weighted by Crippen LogP contribution is -2.43. The van der Waals surface area contributed by atoms with E-state index < -0.39 is 0 Å². The predicted molar refractivity (Wildman–Crippen MR) is 74.9 cm³/mol. The number of nitrogens with one attached hydrogen (secondary N) is 1. The Bertz CT molecular complexity index is 483. The minimum atomic E-state index is -0.316. The van der Waals surface area contributed by atoms with Crippen molar-refractivity contribution in [2.24, 2.45) is 0 Å². The summed E-state index contributed by atoms with van der Waals surface area (Å²) in [6, 6.07) is 10.5. The summed E-state index contributed by atoms with van der Waals surface area (Å²) in [6.45, 7) is 1.75. The molecule has 0 bridgehead atoms. The molecule has 2 aliphatic rings. The molecule has 2 aliphatic heterocycles. The Morgan fingerprint density at radius 1 is 1.11 bits per heavy atom. The first kappa shape index (κ1) is 12.7. The van der Waals surface area contributed by atoms with Gasteiger partial charge in [0.25, 0.3) is 11.1 Å². The summed E-state index contributed by atoms with van der Waals surface area (Å²) in [5.74, 6) is 0.413. The van der Waals surface area contributed by atoms with Crippen LogP contribution < -0.4 is 5.32 Å². The molecule has 1 atom stereocenters. The van der Waals surface area contributed by atoms with Gasteiger partial charge in [0.1, 0.15) is 5.37 Å². The van der Waals surface area contributed by atoms with E-state index in [4.69, 9.17) is 0 Å². The normalized spacial score (nSPS) is 25.6. The molecule has 0 radical (unpaired) electrons. The lowest BCUT2D eigenvalue weighted by molar-refractivity contribution is -0.122. The maximum Gasteiger partial charge on any atom is 0.287 e. The average Bonchev–Trinajstić information content (AvgIpc) is 2.79. The second kappa shape index (κ2) is 5.35. The van der Waals surface area contributed by atoms with E-state index >= 15 is 0 Å². The smallest absolute Gasteiger partial charge is 0.285 e. The third kappa shape index (κ3) is 2.67. The van der Waals surface area contributed by atoms with E-state index in [1.54, 1.807) is 0 Å². The molecule has 2 fully saturated rings. The molecule has 0 saturated carbocycles. The number of benzene rings is 1. The number of carbonyl (C=O) groups excluding carboxylic acids is 2. The third-order valence-electron chi connectivity index (χ3n) is 3.80. The van der Waals surface area contributed by atoms with Gasteiger partial charge in [-0.3, -0.25) is 19.8 Å². The van der Waals surface area contributed by atoms with Crippen molar-refractivity contribution < 1.29 is 9.59 Å². The topological polar surface area (TPSA) is 49.4 Å². The molecule has 2 heterocycles. The Balaban J connectivity index is 1.61. The Hall–Kier alpha value is -1.33. The molecular formula is C14H16N2O2S. The van der Waals surface area contributed by atoms with Crippen LogP contribution in [0, 0.1) is 0 Å². The van der Waals surface area contributed by atoms with Gasteiger partial charge in [0.05, 0.1) is 0 Å². The van der Waals surface area contributed by atoms with Gasteiger partial charge >= 0.3 is 0 Å². The second-order valence-electron chi connectivity index (χ2n) is 4.97. The molecule has 2 amide bonds. The minimum Gasteiger partial charge on any atom is -0.285 e. The highest BCUT2D eigenvalue weighted by molar-refractivity contribution is 8.15. The number of carbonyl (C=O) groups is 2. The van der Waals surface area contributed by atoms with Crippen molar-refractivity contribution in [1.82, 2.24) is 10.2 Å². The Morgan fingerprint density at radius 3 is 2.37 bits per heavy atom. The molecular weight excluding hydrogens is 260 g/mol. The van der Waals surface area contributed by atoms with Gasteiger partial charge in [-0.15, -0.1) is 0 Å². The first-order valence-corrected chi connectivity index (χ1v) is 7.42. The molecule has 3 rings (SSSR count). The number of hydrogen-bond acceptors (Lipinski definition) is 4. The number of likely N-dealkylation sites (tertiary alicyclic amines) is 1. The maximum absolute atomic E-state index is 11.6. The number of nitrogens with zero attached hydrogens (tertiary/aromatic N) is 1. The molecule has 2 saturated heterocycles. The van der Waals surface area contributed by atoms with Crippen LogP contribution >= 0.6 is 11.8 Å². The lowest BCUT2D eigenvalue weighted by Gasteiger charge is -2.34. The highest BCUT2D eigenvalue weighted by Gasteiger charge is 2.37. The van der Waals surface area contributed by atoms with Gasteiger partial charge in [-0.1, -0.05) is 30.3 Å². The predicted octanol–water partition coefficient (Wildman–Crippen LogP) is 2.18. The zero-order valence-electron chi connectivity index (χ0n) is 10.5. The molecule has 100 valence electrons. The van der Waals surface area contributed by atoms with Crippen molar-refractivity contribution >= 4 is 22.9 Å². The number of piperidine rings is 1. The Labute approximate surface area is 116 Å². The summed E-state index contributed by atoms with van der Waals surface area (Å²) in [6.07, 6.45) is 2.09. The molecule has 0 unspecified atom stereocenters. The van der Waals surface area contributed by atoms with Gasteiger partial charge in [-0.2, -0.15) is 0 Å². The van der Waals surface area contributed by atoms with Gasteiger partial charge in [-0.25, -0.2) is 0 Å². The molecule has 1 aromatic rings. The van der Waals surface area contributed by atoms with E-state index in [1.807, 2.05) is 6.07 Å². The summed E-state index contributed by atoms with van der Waals surface area (Å²) in [5.41, 5.74) is 1.38. The van der Waals surface area contributed by atoms with E-state index in [9.17, 15) is 9.59 Å². The number of hydrogen-bond donors (Lipinski definition) is 1. The van der Waals surface area contributed by atoms with Crippen molar-refractivity contribution in [3.8, 4) is 0 Å². The van der Waals surface area contributed by atoms with Gasteiger partial charge in [0.2, 0.25) is 0 Å². The summed E-state index contributed by atoms with van der Waals surface area (Å²) < 4.78 is 0. The van der Waals surface area contributed by atoms with Crippen LogP contribution in [0.5, 0.6) is 0 Å². The standard InChI is InChI=1S/C14H16N2O2S/c17-12-13(19-14(18)15-12)16-8-6-11(7-9-16)10-4-2-1-3-5-10/h1-5,11,13H,6-9H2,(H,15,17,18)/t13-/m0/s1. The quantitative estimate of drug-likeness (QED) is 0.899. The summed E-state index contributed by atoms with van der Waals surface area (Å²) >= 11 is 1.10. The fourth-order valence-electron chi connectivity index (χ4n) is 2.78. The van der Waals surface area contributed by atoms with Crippen LogP contribution in [0.3, 0.4) is 0 Å². The van der Waals surface area contributed by atoms with E-state index in [1.165, 1.54) is 5.56 Å². The van der Waals surface area contributed by atoms with Crippen molar-refractivity contribution in [2.45, 2.75) is 24.1 Å². The molecule has 1 aromatic carbocycles. The average molecular weight is 276 g/mol. The third-order valence-corrected chi connectivity index (χ3v) is 4.85. The van der Waals surface area contributed by atoms with Crippen molar-refractivity contribution in [2.75, 3.05) is 13.1 Å². The first-order valence-electron chi connectivity index (χ1n) is 6.54. The van der Waals surface area contributed by atoms with Gasteiger partial charge in [0.15, 0.2) is 0 Å². The minimum absolute atomic E-state index is 0.159. The van der Waals surface area contributed by atoms with Gasteiger partial charge < -0.3 is 0 Å². The van der Waals surface area contributed by atoms with Crippen LogP contribution in [0.4, 0.5) is 4.79 Å². The molecule has 4 nitrogen and oxygen atoms in total. The van der Waals surface area contributed by atoms with E-state index in [0.717, 1.165) is 37.7 Å². The van der Waals surface area contributed by atoms with E-state index in [2.05, 4.69) is 34.5 Å². The highest BCUT2D eigenvalue weighted by atomic mass is 32.2. The van der Waals surface area contributed by atoms with Gasteiger partial charge in [0, 0.05) is 13.1 Å². The zero-order chi connectivity index (χ0) is 13.2. The van der Waals surface area contributed by atoms with Crippen LogP contribution in [0.1, 0.15) is 24.3 Å². The molecule has 0 aliphatic carbocycles. The maximum atomic E-state index is 11.6. The molecule has 19 heavy (non-hydrogen) atoms. The van der Waals surface area contributed by atoms with Crippen molar-refractivity contribution in [3.05, 3.63) is 35.9 Å². The second-order valence-corrected chi connectivity index (χ2v) is 6.02. The largest absolute Gasteiger partial charge is 0.287 e. The molecule has 1 N–H and O–H groups in total. The van der Waals surface area contributed by atoms with E-state index in [0.29, 0.717) is 5.92 Å².